The maximum atomic E-state index is 13.7. The van der Waals surface area contributed by atoms with Crippen LogP contribution in [0.2, 0.25) is 5.02 Å². The highest BCUT2D eigenvalue weighted by Gasteiger charge is 2.13. The van der Waals surface area contributed by atoms with Crippen LogP contribution in [0.15, 0.2) is 21.9 Å². The van der Waals surface area contributed by atoms with E-state index < -0.39 is 5.82 Å². The molecule has 0 saturated heterocycles. The molecule has 4 nitrogen and oxygen atoms in total. The van der Waals surface area contributed by atoms with Gasteiger partial charge in [0.2, 0.25) is 4.80 Å². The Morgan fingerprint density at radius 1 is 1.37 bits per heavy atom. The number of halogens is 2. The molecule has 0 spiro atoms. The number of benzene rings is 1. The molecule has 1 aromatic heterocycles. The van der Waals surface area contributed by atoms with Crippen molar-refractivity contribution in [3.05, 3.63) is 43.5 Å². The van der Waals surface area contributed by atoms with Crippen molar-refractivity contribution in [1.82, 2.24) is 9.36 Å². The molecule has 2 aromatic rings. The van der Waals surface area contributed by atoms with Gasteiger partial charge in [0.15, 0.2) is 0 Å². The fourth-order valence-corrected chi connectivity index (χ4v) is 3.08. The lowest BCUT2D eigenvalue weighted by atomic mass is 10.3. The number of hydrogen-bond donors (Lipinski definition) is 0. The Morgan fingerprint density at radius 3 is 2.84 bits per heavy atom. The van der Waals surface area contributed by atoms with Crippen molar-refractivity contribution in [3.63, 3.8) is 0 Å². The lowest BCUT2D eigenvalue weighted by Gasteiger charge is -2.15. The summed E-state index contributed by atoms with van der Waals surface area (Å²) in [7, 11) is 0. The summed E-state index contributed by atoms with van der Waals surface area (Å²) in [5, 5.41) is 0.205. The fraction of sp³-hybridized carbons (Fsp3) is 0.333. The minimum absolute atomic E-state index is 0.0585. The molecule has 7 heteroatoms. The molecule has 0 saturated carbocycles. The molecule has 99 valence electrons. The van der Waals surface area contributed by atoms with Crippen molar-refractivity contribution in [2.75, 3.05) is 0 Å². The third-order valence-electron chi connectivity index (χ3n) is 2.95. The third kappa shape index (κ3) is 2.37. The lowest BCUT2D eigenvalue weighted by Crippen LogP contribution is -2.31. The highest BCUT2D eigenvalue weighted by molar-refractivity contribution is 7.06. The molecule has 0 N–H and O–H groups in total. The molecule has 0 unspecified atom stereocenters. The van der Waals surface area contributed by atoms with Crippen LogP contribution in [-0.4, -0.2) is 9.36 Å². The number of nitrogens with zero attached hydrogens (tertiary/aromatic N) is 3. The van der Waals surface area contributed by atoms with Crippen LogP contribution in [0.4, 0.5) is 10.1 Å². The smallest absolute Gasteiger partial charge is 0.256 e. The molecule has 0 fully saturated rings. The Morgan fingerprint density at radius 2 is 2.11 bits per heavy atom. The van der Waals surface area contributed by atoms with E-state index >= 15 is 0 Å². The summed E-state index contributed by atoms with van der Waals surface area (Å²) in [6, 6.07) is 5.24. The second kappa shape index (κ2) is 4.94. The van der Waals surface area contributed by atoms with Crippen molar-refractivity contribution >= 4 is 28.6 Å². The van der Waals surface area contributed by atoms with Crippen molar-refractivity contribution in [3.8, 4) is 0 Å². The Hall–Kier alpha value is -1.40. The predicted molar refractivity (Wildman–Crippen MR) is 71.3 cm³/mol. The Kier molecular flexibility index (Phi) is 3.28. The SMILES string of the molecule is O=c1sc(=Nc2c[c]c(Cl)cc2F)n2n1CCCC2. The van der Waals surface area contributed by atoms with Crippen molar-refractivity contribution < 1.29 is 4.39 Å². The van der Waals surface area contributed by atoms with E-state index in [2.05, 4.69) is 11.1 Å². The van der Waals surface area contributed by atoms with Crippen molar-refractivity contribution in [2.45, 2.75) is 25.9 Å². The molecule has 0 amide bonds. The van der Waals surface area contributed by atoms with Crippen LogP contribution in [0.3, 0.4) is 0 Å². The zero-order chi connectivity index (χ0) is 13.4. The first-order chi connectivity index (χ1) is 9.15. The molecule has 0 atom stereocenters. The van der Waals surface area contributed by atoms with E-state index in [1.807, 2.05) is 4.68 Å². The highest BCUT2D eigenvalue weighted by atomic mass is 35.5. The monoisotopic (exact) mass is 298 g/mol. The van der Waals surface area contributed by atoms with Gasteiger partial charge in [0.05, 0.1) is 5.02 Å². The lowest BCUT2D eigenvalue weighted by molar-refractivity contribution is 0.345. The van der Waals surface area contributed by atoms with Crippen LogP contribution in [-0.2, 0) is 13.1 Å². The van der Waals surface area contributed by atoms with Crippen LogP contribution in [0.25, 0.3) is 0 Å². The Bertz CT molecular complexity index is 746. The molecule has 1 aliphatic heterocycles. The van der Waals surface area contributed by atoms with Gasteiger partial charge in [-0.05, 0) is 36.3 Å². The van der Waals surface area contributed by atoms with Crippen LogP contribution >= 0.6 is 22.9 Å². The van der Waals surface area contributed by atoms with Gasteiger partial charge in [-0.15, -0.1) is 0 Å². The normalized spacial score (nSPS) is 15.6. The van der Waals surface area contributed by atoms with Gasteiger partial charge in [-0.3, -0.25) is 9.48 Å². The summed E-state index contributed by atoms with van der Waals surface area (Å²) in [6.45, 7) is 1.43. The highest BCUT2D eigenvalue weighted by Crippen LogP contribution is 2.20. The van der Waals surface area contributed by atoms with Crippen LogP contribution < -0.4 is 9.67 Å². The molecule has 3 rings (SSSR count). The fourth-order valence-electron chi connectivity index (χ4n) is 2.04. The first-order valence-corrected chi connectivity index (χ1v) is 7.07. The summed E-state index contributed by atoms with van der Waals surface area (Å²) in [5.41, 5.74) is 0.145. The molecule has 1 aliphatic rings. The maximum Gasteiger partial charge on any atom is 0.325 e. The molecule has 1 aromatic carbocycles. The van der Waals surface area contributed by atoms with Gasteiger partial charge in [-0.1, -0.05) is 11.6 Å². The summed E-state index contributed by atoms with van der Waals surface area (Å²) in [5.74, 6) is -0.514. The quantitative estimate of drug-likeness (QED) is 0.796. The van der Waals surface area contributed by atoms with Gasteiger partial charge in [0.1, 0.15) is 11.5 Å². The number of hydrogen-bond acceptors (Lipinski definition) is 3. The van der Waals surface area contributed by atoms with Crippen LogP contribution in [0.5, 0.6) is 0 Å². The predicted octanol–water partition coefficient (Wildman–Crippen LogP) is 2.33. The standard InChI is InChI=1S/C12H10ClFN3OS/c13-8-3-4-10(9(14)7-8)15-11-16-5-1-2-6-17(16)12(18)19-11/h4,7H,1-2,5-6H2. The summed E-state index contributed by atoms with van der Waals surface area (Å²) < 4.78 is 17.2. The molecular formula is C12H10ClFN3OS. The third-order valence-corrected chi connectivity index (χ3v) is 4.04. The average Bonchev–Trinajstić information content (AvgIpc) is 2.71. The van der Waals surface area contributed by atoms with Gasteiger partial charge < -0.3 is 0 Å². The van der Waals surface area contributed by atoms with Crippen molar-refractivity contribution in [2.24, 2.45) is 4.99 Å². The van der Waals surface area contributed by atoms with Gasteiger partial charge in [0, 0.05) is 19.2 Å². The largest absolute Gasteiger partial charge is 0.325 e. The minimum Gasteiger partial charge on any atom is -0.256 e. The Labute approximate surface area is 117 Å². The van der Waals surface area contributed by atoms with Crippen LogP contribution in [0.1, 0.15) is 12.8 Å². The maximum absolute atomic E-state index is 13.7. The van der Waals surface area contributed by atoms with E-state index in [-0.39, 0.29) is 15.6 Å². The van der Waals surface area contributed by atoms with Gasteiger partial charge in [-0.2, -0.15) is 0 Å². The zero-order valence-electron chi connectivity index (χ0n) is 9.90. The molecule has 2 heterocycles. The Balaban J connectivity index is 2.16. The van der Waals surface area contributed by atoms with Crippen molar-refractivity contribution in [1.29, 1.82) is 0 Å². The van der Waals surface area contributed by atoms with Gasteiger partial charge in [0.25, 0.3) is 0 Å². The summed E-state index contributed by atoms with van der Waals surface area (Å²) in [6.07, 6.45) is 1.98. The molecule has 0 aliphatic carbocycles. The number of aromatic nitrogens is 2. The second-order valence-corrected chi connectivity index (χ2v) is 5.56. The minimum atomic E-state index is -0.514. The molecule has 1 radical (unpaired) electrons. The zero-order valence-corrected chi connectivity index (χ0v) is 11.5. The van der Waals surface area contributed by atoms with E-state index in [9.17, 15) is 9.18 Å². The average molecular weight is 299 g/mol. The first-order valence-electron chi connectivity index (χ1n) is 5.87. The molecule has 19 heavy (non-hydrogen) atoms. The molecular weight excluding hydrogens is 289 g/mol. The van der Waals surface area contributed by atoms with Gasteiger partial charge >= 0.3 is 4.87 Å². The van der Waals surface area contributed by atoms with E-state index in [1.165, 1.54) is 6.07 Å². The van der Waals surface area contributed by atoms with E-state index in [1.54, 1.807) is 4.68 Å². The first kappa shape index (κ1) is 12.6. The number of rotatable bonds is 1. The summed E-state index contributed by atoms with van der Waals surface area (Å²) >= 11 is 6.67. The second-order valence-electron chi connectivity index (χ2n) is 4.23. The van der Waals surface area contributed by atoms with E-state index in [4.69, 9.17) is 11.6 Å². The summed E-state index contributed by atoms with van der Waals surface area (Å²) in [4.78, 5) is 16.5. The molecule has 0 bridgehead atoms. The topological polar surface area (TPSA) is 39.3 Å². The van der Waals surface area contributed by atoms with E-state index in [0.717, 1.165) is 36.8 Å². The van der Waals surface area contributed by atoms with E-state index in [0.29, 0.717) is 11.3 Å². The number of fused-ring (bicyclic) bond motifs is 1. The van der Waals surface area contributed by atoms with Gasteiger partial charge in [-0.25, -0.2) is 14.1 Å². The van der Waals surface area contributed by atoms with Crippen LogP contribution in [0, 0.1) is 11.9 Å².